The molecule has 0 bridgehead atoms. The Kier molecular flexibility index (Phi) is 4.62. The minimum absolute atomic E-state index is 0.398. The Balaban J connectivity index is 1.59. The molecule has 2 aromatic heterocycles. The number of anilines is 2. The number of imidazole rings is 1. The summed E-state index contributed by atoms with van der Waals surface area (Å²) in [6, 6.07) is 7.48. The highest BCUT2D eigenvalue weighted by Crippen LogP contribution is 2.32. The highest BCUT2D eigenvalue weighted by Gasteiger charge is 2.44. The Morgan fingerprint density at radius 2 is 1.89 bits per heavy atom. The maximum Gasteiger partial charge on any atom is 0.167 e. The van der Waals surface area contributed by atoms with Crippen molar-refractivity contribution in [3.05, 3.63) is 42.5 Å². The molecule has 0 aliphatic carbocycles. The molecule has 1 aliphatic rings. The number of nitrogen functional groups attached to an aromatic ring is 1. The number of benzene rings is 1. The molecular formula is C17H20N6O4. The number of hydrogen-bond donors (Lipinski definition) is 5. The van der Waals surface area contributed by atoms with E-state index in [1.807, 2.05) is 24.3 Å². The molecular weight excluding hydrogens is 352 g/mol. The second-order valence-electron chi connectivity index (χ2n) is 6.37. The highest BCUT2D eigenvalue weighted by atomic mass is 16.6. The Labute approximate surface area is 154 Å². The van der Waals surface area contributed by atoms with E-state index in [0.29, 0.717) is 29.2 Å². The van der Waals surface area contributed by atoms with Crippen LogP contribution in [0.4, 0.5) is 11.5 Å². The molecule has 4 atom stereocenters. The minimum Gasteiger partial charge on any atom is -0.399 e. The smallest absolute Gasteiger partial charge is 0.167 e. The van der Waals surface area contributed by atoms with Crippen LogP contribution in [-0.2, 0) is 11.3 Å². The molecule has 0 amide bonds. The fraction of sp³-hybridized carbons (Fsp3) is 0.353. The van der Waals surface area contributed by atoms with Crippen molar-refractivity contribution in [1.29, 1.82) is 0 Å². The average molecular weight is 372 g/mol. The predicted molar refractivity (Wildman–Crippen MR) is 96.5 cm³/mol. The van der Waals surface area contributed by atoms with E-state index in [2.05, 4.69) is 20.3 Å². The first-order valence-electron chi connectivity index (χ1n) is 8.46. The summed E-state index contributed by atoms with van der Waals surface area (Å²) in [5.74, 6) is 0.530. The molecule has 6 N–H and O–H groups in total. The lowest BCUT2D eigenvalue weighted by atomic mass is 10.1. The van der Waals surface area contributed by atoms with Crippen LogP contribution < -0.4 is 11.1 Å². The van der Waals surface area contributed by atoms with Gasteiger partial charge in [-0.15, -0.1) is 0 Å². The van der Waals surface area contributed by atoms with E-state index in [1.54, 1.807) is 0 Å². The van der Waals surface area contributed by atoms with Crippen LogP contribution in [-0.4, -0.2) is 59.8 Å². The number of rotatable bonds is 5. The van der Waals surface area contributed by atoms with Crippen LogP contribution in [0.1, 0.15) is 11.8 Å². The fourth-order valence-electron chi connectivity index (χ4n) is 3.10. The van der Waals surface area contributed by atoms with Crippen LogP contribution in [0.5, 0.6) is 0 Å². The highest BCUT2D eigenvalue weighted by molar-refractivity contribution is 5.82. The number of hydrogen-bond acceptors (Lipinski definition) is 9. The number of aliphatic hydroxyl groups is 3. The van der Waals surface area contributed by atoms with Gasteiger partial charge in [0.05, 0.1) is 12.9 Å². The predicted octanol–water partition coefficient (Wildman–Crippen LogP) is -0.368. The van der Waals surface area contributed by atoms with Crippen molar-refractivity contribution in [2.24, 2.45) is 0 Å². The van der Waals surface area contributed by atoms with Gasteiger partial charge in [-0.3, -0.25) is 4.57 Å². The molecule has 4 rings (SSSR count). The zero-order valence-corrected chi connectivity index (χ0v) is 14.3. The normalized spacial score (nSPS) is 25.1. The molecule has 1 saturated heterocycles. The van der Waals surface area contributed by atoms with Crippen LogP contribution in [0.2, 0.25) is 0 Å². The topological polar surface area (TPSA) is 152 Å². The maximum absolute atomic E-state index is 10.2. The largest absolute Gasteiger partial charge is 0.399 e. The third-order valence-electron chi connectivity index (χ3n) is 4.59. The van der Waals surface area contributed by atoms with Gasteiger partial charge in [0, 0.05) is 12.2 Å². The van der Waals surface area contributed by atoms with Gasteiger partial charge in [0.25, 0.3) is 0 Å². The lowest BCUT2D eigenvalue weighted by Gasteiger charge is -2.16. The Morgan fingerprint density at radius 3 is 2.59 bits per heavy atom. The lowest BCUT2D eigenvalue weighted by Crippen LogP contribution is -2.33. The number of fused-ring (bicyclic) bond motifs is 1. The quantitative estimate of drug-likeness (QED) is 0.378. The number of aliphatic hydroxyl groups excluding tert-OH is 3. The zero-order chi connectivity index (χ0) is 19.0. The van der Waals surface area contributed by atoms with Gasteiger partial charge in [-0.1, -0.05) is 12.1 Å². The molecule has 0 saturated carbocycles. The molecule has 142 valence electrons. The Hall–Kier alpha value is -2.79. The second kappa shape index (κ2) is 7.08. The maximum atomic E-state index is 10.2. The van der Waals surface area contributed by atoms with E-state index in [1.165, 1.54) is 17.2 Å². The van der Waals surface area contributed by atoms with Crippen molar-refractivity contribution < 1.29 is 20.1 Å². The van der Waals surface area contributed by atoms with E-state index in [9.17, 15) is 15.3 Å². The zero-order valence-electron chi connectivity index (χ0n) is 14.3. The van der Waals surface area contributed by atoms with Crippen molar-refractivity contribution in [2.45, 2.75) is 31.1 Å². The van der Waals surface area contributed by atoms with Gasteiger partial charge in [-0.05, 0) is 17.7 Å². The summed E-state index contributed by atoms with van der Waals surface area (Å²) in [6.07, 6.45) is -1.32. The molecule has 10 nitrogen and oxygen atoms in total. The van der Waals surface area contributed by atoms with Crippen molar-refractivity contribution >= 4 is 22.7 Å². The SMILES string of the molecule is Nc1ccc(CNc2ncnc3c2ncn3[C@H]2O[C@@H](CO)[C@H](O)[C@@H]2O)cc1. The van der Waals surface area contributed by atoms with Crippen LogP contribution in [0, 0.1) is 0 Å². The Bertz CT molecular complexity index is 931. The van der Waals surface area contributed by atoms with Gasteiger partial charge in [-0.25, -0.2) is 15.0 Å². The molecule has 3 aromatic rings. The van der Waals surface area contributed by atoms with Gasteiger partial charge in [-0.2, -0.15) is 0 Å². The molecule has 1 aromatic carbocycles. The van der Waals surface area contributed by atoms with E-state index < -0.39 is 31.1 Å². The van der Waals surface area contributed by atoms with E-state index in [4.69, 9.17) is 10.5 Å². The average Bonchev–Trinajstić information content (AvgIpc) is 3.23. The molecule has 3 heterocycles. The van der Waals surface area contributed by atoms with Gasteiger partial charge < -0.3 is 31.1 Å². The first-order chi connectivity index (χ1) is 13.1. The number of nitrogens with two attached hydrogens (primary N) is 1. The van der Waals surface area contributed by atoms with Gasteiger partial charge in [0.1, 0.15) is 24.6 Å². The van der Waals surface area contributed by atoms with Crippen molar-refractivity contribution in [3.8, 4) is 0 Å². The van der Waals surface area contributed by atoms with Gasteiger partial charge in [0.15, 0.2) is 23.2 Å². The third-order valence-corrected chi connectivity index (χ3v) is 4.59. The molecule has 0 unspecified atom stereocenters. The van der Waals surface area contributed by atoms with Crippen LogP contribution >= 0.6 is 0 Å². The van der Waals surface area contributed by atoms with Crippen molar-refractivity contribution in [3.63, 3.8) is 0 Å². The van der Waals surface area contributed by atoms with E-state index in [-0.39, 0.29) is 0 Å². The first kappa shape index (κ1) is 17.6. The van der Waals surface area contributed by atoms with Crippen LogP contribution in [0.25, 0.3) is 11.2 Å². The molecule has 0 radical (unpaired) electrons. The van der Waals surface area contributed by atoms with E-state index in [0.717, 1.165) is 5.56 Å². The standard InChI is InChI=1S/C17H20N6O4/c18-10-3-1-9(2-4-10)5-19-15-12-16(21-7-20-15)23(8-22-12)17-14(26)13(25)11(6-24)27-17/h1-4,7-8,11,13-14,17,24-26H,5-6,18H2,(H,19,20,21)/t11-,13-,14-,17-/m0/s1. The summed E-state index contributed by atoms with van der Waals surface area (Å²) < 4.78 is 7.07. The second-order valence-corrected chi connectivity index (χ2v) is 6.37. The third kappa shape index (κ3) is 3.19. The summed E-state index contributed by atoms with van der Waals surface area (Å²) in [5, 5.41) is 32.7. The van der Waals surface area contributed by atoms with E-state index >= 15 is 0 Å². The van der Waals surface area contributed by atoms with Crippen LogP contribution in [0.3, 0.4) is 0 Å². The monoisotopic (exact) mass is 372 g/mol. The summed E-state index contributed by atoms with van der Waals surface area (Å²) in [6.45, 7) is 0.123. The lowest BCUT2D eigenvalue weighted by molar-refractivity contribution is -0.0511. The van der Waals surface area contributed by atoms with Gasteiger partial charge >= 0.3 is 0 Å². The summed E-state index contributed by atoms with van der Waals surface area (Å²) in [4.78, 5) is 12.8. The fourth-order valence-corrected chi connectivity index (χ4v) is 3.10. The summed E-state index contributed by atoms with van der Waals surface area (Å²) in [5.41, 5.74) is 8.36. The number of nitrogens with zero attached hydrogens (tertiary/aromatic N) is 4. The van der Waals surface area contributed by atoms with Crippen molar-refractivity contribution in [1.82, 2.24) is 19.5 Å². The van der Waals surface area contributed by atoms with Crippen LogP contribution in [0.15, 0.2) is 36.9 Å². The van der Waals surface area contributed by atoms with Crippen molar-refractivity contribution in [2.75, 3.05) is 17.7 Å². The first-order valence-corrected chi connectivity index (χ1v) is 8.46. The number of aromatic nitrogens is 4. The number of ether oxygens (including phenoxy) is 1. The minimum atomic E-state index is -1.21. The molecule has 10 heteroatoms. The Morgan fingerprint density at radius 1 is 1.11 bits per heavy atom. The summed E-state index contributed by atoms with van der Waals surface area (Å²) in [7, 11) is 0. The van der Waals surface area contributed by atoms with Gasteiger partial charge in [0.2, 0.25) is 0 Å². The molecule has 0 spiro atoms. The number of nitrogens with one attached hydrogen (secondary N) is 1. The molecule has 1 aliphatic heterocycles. The molecule has 1 fully saturated rings. The summed E-state index contributed by atoms with van der Waals surface area (Å²) >= 11 is 0. The molecule has 27 heavy (non-hydrogen) atoms.